The maximum Gasteiger partial charge on any atom is 0.432 e. The second-order valence-corrected chi connectivity index (χ2v) is 7.24. The van der Waals surface area contributed by atoms with E-state index in [1.165, 1.54) is 12.1 Å². The molecule has 2 aromatic rings. The summed E-state index contributed by atoms with van der Waals surface area (Å²) < 4.78 is 33.5. The second kappa shape index (κ2) is 8.64. The molecule has 0 spiro atoms. The van der Waals surface area contributed by atoms with Gasteiger partial charge >= 0.3 is 16.2 Å². The van der Waals surface area contributed by atoms with Gasteiger partial charge < -0.3 is 4.74 Å². The first-order valence-corrected chi connectivity index (χ1v) is 9.28. The van der Waals surface area contributed by atoms with E-state index in [1.807, 2.05) is 42.7 Å². The van der Waals surface area contributed by atoms with Crippen molar-refractivity contribution in [3.05, 3.63) is 65.7 Å². The summed E-state index contributed by atoms with van der Waals surface area (Å²) in [6.45, 7) is 3.57. The fraction of sp³-hybridized carbons (Fsp3) is 0.278. The maximum absolute atomic E-state index is 12.0. The number of benzene rings is 2. The number of hydroxylamine groups is 1. The largest absolute Gasteiger partial charge is 0.445 e. The van der Waals surface area contributed by atoms with E-state index in [4.69, 9.17) is 4.74 Å². The van der Waals surface area contributed by atoms with Crippen molar-refractivity contribution in [2.75, 3.05) is 0 Å². The molecular formula is C18H21NO5S. The Morgan fingerprint density at radius 2 is 1.72 bits per heavy atom. The summed E-state index contributed by atoms with van der Waals surface area (Å²) in [4.78, 5) is 11.6. The first kappa shape index (κ1) is 19.0. The smallest absolute Gasteiger partial charge is 0.432 e. The van der Waals surface area contributed by atoms with Gasteiger partial charge in [0.25, 0.3) is 0 Å². The van der Waals surface area contributed by atoms with Gasteiger partial charge in [0.15, 0.2) is 0 Å². The van der Waals surface area contributed by atoms with Crippen LogP contribution in [0.15, 0.2) is 59.5 Å². The number of aryl methyl sites for hydroxylation is 2. The number of carbonyl (C=O) groups is 1. The van der Waals surface area contributed by atoms with E-state index in [1.54, 1.807) is 19.1 Å². The highest BCUT2D eigenvalue weighted by Gasteiger charge is 2.18. The van der Waals surface area contributed by atoms with Crippen molar-refractivity contribution in [3.63, 3.8) is 0 Å². The second-order valence-electron chi connectivity index (χ2n) is 5.69. The van der Waals surface area contributed by atoms with Crippen molar-refractivity contribution in [1.29, 1.82) is 0 Å². The normalized spacial score (nSPS) is 12.4. The van der Waals surface area contributed by atoms with Gasteiger partial charge in [-0.25, -0.2) is 4.79 Å². The Kier molecular flexibility index (Phi) is 6.55. The van der Waals surface area contributed by atoms with E-state index in [0.717, 1.165) is 17.5 Å². The predicted molar refractivity (Wildman–Crippen MR) is 93.3 cm³/mol. The van der Waals surface area contributed by atoms with Crippen LogP contribution in [0.4, 0.5) is 4.79 Å². The molecule has 2 aromatic carbocycles. The summed E-state index contributed by atoms with van der Waals surface area (Å²) in [6.07, 6.45) is 0.0297. The zero-order valence-corrected chi connectivity index (χ0v) is 15.0. The van der Waals surface area contributed by atoms with Gasteiger partial charge in [0.05, 0.1) is 4.90 Å². The minimum Gasteiger partial charge on any atom is -0.445 e. The Bertz CT molecular complexity index is 788. The van der Waals surface area contributed by atoms with Crippen LogP contribution < -0.4 is 5.48 Å². The molecule has 0 aliphatic heterocycles. The third kappa shape index (κ3) is 6.21. The third-order valence-corrected chi connectivity index (χ3v) is 4.69. The summed E-state index contributed by atoms with van der Waals surface area (Å²) in [5.41, 5.74) is 3.87. The van der Waals surface area contributed by atoms with Gasteiger partial charge in [-0.1, -0.05) is 48.0 Å². The minimum atomic E-state index is -4.08. The molecule has 25 heavy (non-hydrogen) atoms. The van der Waals surface area contributed by atoms with Crippen LogP contribution in [0.5, 0.6) is 0 Å². The summed E-state index contributed by atoms with van der Waals surface area (Å²) in [5, 5.41) is 0. The van der Waals surface area contributed by atoms with Crippen LogP contribution in [-0.4, -0.2) is 20.6 Å². The lowest BCUT2D eigenvalue weighted by atomic mass is 10.1. The van der Waals surface area contributed by atoms with Crippen LogP contribution in [0, 0.1) is 6.92 Å². The molecular weight excluding hydrogens is 342 g/mol. The zero-order chi connectivity index (χ0) is 18.3. The molecule has 134 valence electrons. The summed E-state index contributed by atoms with van der Waals surface area (Å²) >= 11 is 0. The molecule has 0 saturated carbocycles. The Balaban J connectivity index is 1.78. The van der Waals surface area contributed by atoms with Gasteiger partial charge in [0.2, 0.25) is 0 Å². The molecule has 0 aliphatic carbocycles. The SMILES string of the molecule is Cc1ccc(S(=O)(=O)ONC(=O)OC(C)CCc2ccccc2)cc1. The Morgan fingerprint density at radius 3 is 2.36 bits per heavy atom. The third-order valence-electron chi connectivity index (χ3n) is 3.53. The average Bonchev–Trinajstić information content (AvgIpc) is 2.60. The van der Waals surface area contributed by atoms with Crippen molar-refractivity contribution in [3.8, 4) is 0 Å². The van der Waals surface area contributed by atoms with Crippen molar-refractivity contribution in [2.24, 2.45) is 0 Å². The van der Waals surface area contributed by atoms with Gasteiger partial charge in [0, 0.05) is 0 Å². The summed E-state index contributed by atoms with van der Waals surface area (Å²) in [6, 6.07) is 15.9. The number of hydrogen-bond donors (Lipinski definition) is 1. The number of rotatable bonds is 7. The fourth-order valence-electron chi connectivity index (χ4n) is 2.12. The Hall–Kier alpha value is -2.38. The lowest BCUT2D eigenvalue weighted by molar-refractivity contribution is 0.0698. The topological polar surface area (TPSA) is 81.7 Å². The molecule has 7 heteroatoms. The van der Waals surface area contributed by atoms with Crippen molar-refractivity contribution in [1.82, 2.24) is 5.48 Å². The lowest BCUT2D eigenvalue weighted by Gasteiger charge is -2.13. The first-order chi connectivity index (χ1) is 11.9. The van der Waals surface area contributed by atoms with Crippen molar-refractivity contribution in [2.45, 2.75) is 37.7 Å². The molecule has 0 saturated heterocycles. The molecule has 0 aromatic heterocycles. The maximum atomic E-state index is 12.0. The van der Waals surface area contributed by atoms with Crippen LogP contribution in [-0.2, 0) is 25.6 Å². The van der Waals surface area contributed by atoms with Gasteiger partial charge in [0.1, 0.15) is 6.10 Å². The molecule has 1 N–H and O–H groups in total. The van der Waals surface area contributed by atoms with Crippen LogP contribution >= 0.6 is 0 Å². The van der Waals surface area contributed by atoms with E-state index in [9.17, 15) is 13.2 Å². The molecule has 0 fully saturated rings. The summed E-state index contributed by atoms with van der Waals surface area (Å²) in [5.74, 6) is 0. The van der Waals surface area contributed by atoms with Gasteiger partial charge in [-0.05, 0) is 44.4 Å². The van der Waals surface area contributed by atoms with E-state index in [2.05, 4.69) is 4.28 Å². The van der Waals surface area contributed by atoms with Gasteiger partial charge in [-0.2, -0.15) is 13.9 Å². The van der Waals surface area contributed by atoms with E-state index in [0.29, 0.717) is 6.42 Å². The van der Waals surface area contributed by atoms with E-state index >= 15 is 0 Å². The van der Waals surface area contributed by atoms with Gasteiger partial charge in [-0.3, -0.25) is 0 Å². The van der Waals surface area contributed by atoms with Crippen LogP contribution in [0.3, 0.4) is 0 Å². The molecule has 1 amide bonds. The first-order valence-electron chi connectivity index (χ1n) is 7.87. The minimum absolute atomic E-state index is 0.0458. The van der Waals surface area contributed by atoms with Crippen LogP contribution in [0.25, 0.3) is 0 Å². The molecule has 0 bridgehead atoms. The number of nitrogens with one attached hydrogen (secondary N) is 1. The average molecular weight is 363 g/mol. The van der Waals surface area contributed by atoms with Crippen molar-refractivity contribution < 1.29 is 22.2 Å². The number of amides is 1. The zero-order valence-electron chi connectivity index (χ0n) is 14.1. The monoisotopic (exact) mass is 363 g/mol. The molecule has 1 unspecified atom stereocenters. The molecule has 2 rings (SSSR count). The number of hydrogen-bond acceptors (Lipinski definition) is 5. The highest BCUT2D eigenvalue weighted by atomic mass is 32.2. The highest BCUT2D eigenvalue weighted by molar-refractivity contribution is 7.86. The quantitative estimate of drug-likeness (QED) is 0.763. The van der Waals surface area contributed by atoms with E-state index < -0.39 is 16.2 Å². The molecule has 1 atom stereocenters. The number of ether oxygens (including phenoxy) is 1. The van der Waals surface area contributed by atoms with Crippen LogP contribution in [0.1, 0.15) is 24.5 Å². The lowest BCUT2D eigenvalue weighted by Crippen LogP contribution is -2.30. The molecule has 6 nitrogen and oxygen atoms in total. The molecule has 0 aliphatic rings. The molecule has 0 heterocycles. The van der Waals surface area contributed by atoms with Gasteiger partial charge in [-0.15, -0.1) is 4.28 Å². The Labute approximate surface area is 147 Å². The predicted octanol–water partition coefficient (Wildman–Crippen LogP) is 3.36. The fourth-order valence-corrected chi connectivity index (χ4v) is 2.87. The Morgan fingerprint density at radius 1 is 1.08 bits per heavy atom. The van der Waals surface area contributed by atoms with E-state index in [-0.39, 0.29) is 11.0 Å². The van der Waals surface area contributed by atoms with Crippen molar-refractivity contribution >= 4 is 16.2 Å². The molecule has 0 radical (unpaired) electrons. The number of carbonyl (C=O) groups excluding carboxylic acids is 1. The standard InChI is InChI=1S/C18H21NO5S/c1-14-8-12-17(13-9-14)25(21,22)24-19-18(20)23-15(2)10-11-16-6-4-3-5-7-16/h3-9,12-13,15H,10-11H2,1-2H3,(H,19,20). The van der Waals surface area contributed by atoms with Crippen LogP contribution in [0.2, 0.25) is 0 Å². The highest BCUT2D eigenvalue weighted by Crippen LogP contribution is 2.12. The summed E-state index contributed by atoms with van der Waals surface area (Å²) in [7, 11) is -4.08.